The number of rotatable bonds is 8. The van der Waals surface area contributed by atoms with E-state index in [1.807, 2.05) is 66.9 Å². The lowest BCUT2D eigenvalue weighted by molar-refractivity contribution is -0.138. The van der Waals surface area contributed by atoms with Crippen LogP contribution in [0.3, 0.4) is 0 Å². The molecule has 2 rings (SSSR count). The molecule has 1 N–H and O–H groups in total. The molecule has 1 atom stereocenters. The molecule has 0 amide bonds. The molecule has 4 heteroatoms. The molecule has 0 aliphatic rings. The van der Waals surface area contributed by atoms with Gasteiger partial charge in [0.1, 0.15) is 6.04 Å². The van der Waals surface area contributed by atoms with E-state index in [1.54, 1.807) is 6.21 Å². The molecule has 0 fully saturated rings. The Morgan fingerprint density at radius 1 is 0.957 bits per heavy atom. The van der Waals surface area contributed by atoms with Crippen molar-refractivity contribution in [3.63, 3.8) is 0 Å². The van der Waals surface area contributed by atoms with E-state index in [2.05, 4.69) is 9.98 Å². The molecule has 0 radical (unpaired) electrons. The summed E-state index contributed by atoms with van der Waals surface area (Å²) < 4.78 is 0. The first-order chi connectivity index (χ1) is 11.3. The molecule has 0 bridgehead atoms. The maximum Gasteiger partial charge on any atom is 0.328 e. The second-order valence-electron chi connectivity index (χ2n) is 5.13. The number of hydrogen-bond acceptors (Lipinski definition) is 3. The fourth-order valence-corrected chi connectivity index (χ4v) is 2.06. The van der Waals surface area contributed by atoms with E-state index in [0.29, 0.717) is 19.4 Å². The van der Waals surface area contributed by atoms with Gasteiger partial charge in [-0.2, -0.15) is 0 Å². The SMILES string of the molecule is O=C(O)C(CCCN=Cc1ccccc1)N=Cc1ccccc1. The lowest BCUT2D eigenvalue weighted by atomic mass is 10.1. The Labute approximate surface area is 136 Å². The van der Waals surface area contributed by atoms with Crippen molar-refractivity contribution in [3.8, 4) is 0 Å². The fourth-order valence-electron chi connectivity index (χ4n) is 2.06. The minimum Gasteiger partial charge on any atom is -0.480 e. The Morgan fingerprint density at radius 3 is 2.09 bits per heavy atom. The molecule has 2 aromatic rings. The zero-order chi connectivity index (χ0) is 16.3. The molecular formula is C19H20N2O2. The number of benzene rings is 2. The van der Waals surface area contributed by atoms with Crippen LogP contribution in [-0.2, 0) is 4.79 Å². The predicted molar refractivity (Wildman–Crippen MR) is 93.6 cm³/mol. The van der Waals surface area contributed by atoms with E-state index >= 15 is 0 Å². The molecule has 23 heavy (non-hydrogen) atoms. The Bertz CT molecular complexity index is 652. The van der Waals surface area contributed by atoms with Crippen LogP contribution >= 0.6 is 0 Å². The van der Waals surface area contributed by atoms with Gasteiger partial charge in [0, 0.05) is 19.0 Å². The van der Waals surface area contributed by atoms with Gasteiger partial charge >= 0.3 is 5.97 Å². The summed E-state index contributed by atoms with van der Waals surface area (Å²) in [6, 6.07) is 18.6. The zero-order valence-corrected chi connectivity index (χ0v) is 12.9. The third kappa shape index (κ3) is 6.26. The average molecular weight is 308 g/mol. The van der Waals surface area contributed by atoms with Gasteiger partial charge < -0.3 is 5.11 Å². The number of aliphatic carboxylic acids is 1. The Morgan fingerprint density at radius 2 is 1.52 bits per heavy atom. The Hall–Kier alpha value is -2.75. The molecule has 4 nitrogen and oxygen atoms in total. The highest BCUT2D eigenvalue weighted by Gasteiger charge is 2.14. The van der Waals surface area contributed by atoms with Crippen molar-refractivity contribution in [3.05, 3.63) is 71.8 Å². The molecule has 0 saturated heterocycles. The maximum atomic E-state index is 11.3. The molecule has 1 unspecified atom stereocenters. The summed E-state index contributed by atoms with van der Waals surface area (Å²) in [7, 11) is 0. The molecular weight excluding hydrogens is 288 g/mol. The third-order valence-corrected chi connectivity index (χ3v) is 3.29. The van der Waals surface area contributed by atoms with Gasteiger partial charge in [-0.15, -0.1) is 0 Å². The van der Waals surface area contributed by atoms with Crippen molar-refractivity contribution in [1.82, 2.24) is 0 Å². The Balaban J connectivity index is 1.80. The highest BCUT2D eigenvalue weighted by Crippen LogP contribution is 2.05. The van der Waals surface area contributed by atoms with Gasteiger partial charge in [0.2, 0.25) is 0 Å². The lowest BCUT2D eigenvalue weighted by Gasteiger charge is -2.05. The molecule has 0 saturated carbocycles. The second-order valence-corrected chi connectivity index (χ2v) is 5.13. The third-order valence-electron chi connectivity index (χ3n) is 3.29. The van der Waals surface area contributed by atoms with Crippen molar-refractivity contribution in [2.24, 2.45) is 9.98 Å². The quantitative estimate of drug-likeness (QED) is 0.599. The van der Waals surface area contributed by atoms with E-state index in [4.69, 9.17) is 0 Å². The molecule has 0 aromatic heterocycles. The minimum absolute atomic E-state index is 0.477. The van der Waals surface area contributed by atoms with Gasteiger partial charge in [-0.3, -0.25) is 9.98 Å². The highest BCUT2D eigenvalue weighted by molar-refractivity contribution is 5.83. The van der Waals surface area contributed by atoms with Crippen molar-refractivity contribution in [2.45, 2.75) is 18.9 Å². The van der Waals surface area contributed by atoms with Crippen molar-refractivity contribution < 1.29 is 9.90 Å². The second kappa shape index (κ2) is 9.30. The predicted octanol–water partition coefficient (Wildman–Crippen LogP) is 3.46. The van der Waals surface area contributed by atoms with E-state index in [9.17, 15) is 9.90 Å². The first-order valence-electron chi connectivity index (χ1n) is 7.61. The van der Waals surface area contributed by atoms with Crippen LogP contribution in [0.2, 0.25) is 0 Å². The number of carboxylic acids is 1. The van der Waals surface area contributed by atoms with E-state index in [0.717, 1.165) is 11.1 Å². The number of hydrogen-bond donors (Lipinski definition) is 1. The highest BCUT2D eigenvalue weighted by atomic mass is 16.4. The van der Waals surface area contributed by atoms with E-state index in [1.165, 1.54) is 0 Å². The van der Waals surface area contributed by atoms with Crippen molar-refractivity contribution >= 4 is 18.4 Å². The first kappa shape index (κ1) is 16.6. The van der Waals surface area contributed by atoms with Crippen LogP contribution in [0.5, 0.6) is 0 Å². The minimum atomic E-state index is -0.899. The van der Waals surface area contributed by atoms with Crippen LogP contribution in [0.4, 0.5) is 0 Å². The van der Waals surface area contributed by atoms with Crippen LogP contribution in [-0.4, -0.2) is 36.1 Å². The summed E-state index contributed by atoms with van der Waals surface area (Å²) in [4.78, 5) is 19.7. The van der Waals surface area contributed by atoms with E-state index < -0.39 is 12.0 Å². The van der Waals surface area contributed by atoms with Gasteiger partial charge in [-0.25, -0.2) is 4.79 Å². The summed E-state index contributed by atoms with van der Waals surface area (Å²) in [6.07, 6.45) is 4.59. The van der Waals surface area contributed by atoms with Crippen LogP contribution in [0.25, 0.3) is 0 Å². The molecule has 0 aliphatic heterocycles. The van der Waals surface area contributed by atoms with E-state index in [-0.39, 0.29) is 0 Å². The lowest BCUT2D eigenvalue weighted by Crippen LogP contribution is -2.18. The molecule has 118 valence electrons. The molecule has 0 spiro atoms. The summed E-state index contributed by atoms with van der Waals surface area (Å²) in [5.74, 6) is -0.899. The van der Waals surface area contributed by atoms with Gasteiger partial charge in [-0.05, 0) is 24.0 Å². The topological polar surface area (TPSA) is 62.0 Å². The number of carbonyl (C=O) groups is 1. The fraction of sp³-hybridized carbons (Fsp3) is 0.211. The number of nitrogens with zero attached hydrogens (tertiary/aromatic N) is 2. The van der Waals surface area contributed by atoms with Crippen LogP contribution in [0.15, 0.2) is 70.6 Å². The van der Waals surface area contributed by atoms with Crippen LogP contribution in [0.1, 0.15) is 24.0 Å². The largest absolute Gasteiger partial charge is 0.480 e. The van der Waals surface area contributed by atoms with Gasteiger partial charge in [0.05, 0.1) is 0 Å². The Kier molecular flexibility index (Phi) is 6.72. The number of carboxylic acid groups (broad SMARTS) is 1. The summed E-state index contributed by atoms with van der Waals surface area (Å²) in [5.41, 5.74) is 1.95. The number of aliphatic imine (C=N–C) groups is 2. The normalized spacial score (nSPS) is 12.7. The van der Waals surface area contributed by atoms with Crippen LogP contribution < -0.4 is 0 Å². The smallest absolute Gasteiger partial charge is 0.328 e. The summed E-state index contributed by atoms with van der Waals surface area (Å²) >= 11 is 0. The summed E-state index contributed by atoms with van der Waals surface area (Å²) in [5, 5.41) is 9.23. The van der Waals surface area contributed by atoms with Crippen LogP contribution in [0, 0.1) is 0 Å². The molecule has 2 aromatic carbocycles. The van der Waals surface area contributed by atoms with Gasteiger partial charge in [0.15, 0.2) is 0 Å². The van der Waals surface area contributed by atoms with Crippen molar-refractivity contribution in [1.29, 1.82) is 0 Å². The van der Waals surface area contributed by atoms with Gasteiger partial charge in [0.25, 0.3) is 0 Å². The first-order valence-corrected chi connectivity index (χ1v) is 7.61. The zero-order valence-electron chi connectivity index (χ0n) is 12.9. The van der Waals surface area contributed by atoms with Crippen molar-refractivity contribution in [2.75, 3.05) is 6.54 Å². The average Bonchev–Trinajstić information content (AvgIpc) is 2.59. The standard InChI is InChI=1S/C19H20N2O2/c22-19(23)18(21-15-17-10-5-2-6-11-17)12-7-13-20-14-16-8-3-1-4-9-16/h1-6,8-11,14-15,18H,7,12-13H2,(H,22,23). The monoisotopic (exact) mass is 308 g/mol. The molecule has 0 aliphatic carbocycles. The molecule has 0 heterocycles. The summed E-state index contributed by atoms with van der Waals surface area (Å²) in [6.45, 7) is 0.597. The van der Waals surface area contributed by atoms with Gasteiger partial charge in [-0.1, -0.05) is 60.7 Å². The maximum absolute atomic E-state index is 11.3.